The predicted octanol–water partition coefficient (Wildman–Crippen LogP) is 2.27. The molecule has 0 radical (unpaired) electrons. The van der Waals surface area contributed by atoms with Crippen molar-refractivity contribution in [1.82, 2.24) is 23.1 Å². The fourth-order valence-electron chi connectivity index (χ4n) is 3.36. The van der Waals surface area contributed by atoms with Crippen LogP contribution in [0.15, 0.2) is 46.1 Å². The van der Waals surface area contributed by atoms with Gasteiger partial charge in [-0.05, 0) is 18.1 Å². The molecule has 138 valence electrons. The zero-order valence-corrected chi connectivity index (χ0v) is 15.6. The second kappa shape index (κ2) is 6.42. The number of benzene rings is 1. The van der Waals surface area contributed by atoms with Crippen molar-refractivity contribution in [3.8, 4) is 0 Å². The van der Waals surface area contributed by atoms with Crippen LogP contribution >= 0.6 is 0 Å². The third-order valence-corrected chi connectivity index (χ3v) is 4.78. The van der Waals surface area contributed by atoms with Gasteiger partial charge in [-0.2, -0.15) is 4.98 Å². The van der Waals surface area contributed by atoms with Gasteiger partial charge in [0.05, 0.1) is 5.69 Å². The molecule has 1 aromatic carbocycles. The summed E-state index contributed by atoms with van der Waals surface area (Å²) in [5, 5.41) is 0. The molecule has 0 N–H and O–H groups in total. The molecule has 0 aliphatic rings. The molecule has 4 aromatic rings. The van der Waals surface area contributed by atoms with Gasteiger partial charge < -0.3 is 4.57 Å². The number of fused-ring (bicyclic) bond motifs is 3. The smallest absolute Gasteiger partial charge is 0.310 e. The summed E-state index contributed by atoms with van der Waals surface area (Å²) >= 11 is 0. The van der Waals surface area contributed by atoms with Crippen LogP contribution < -0.4 is 11.2 Å². The van der Waals surface area contributed by atoms with Crippen molar-refractivity contribution in [2.45, 2.75) is 19.9 Å². The first-order chi connectivity index (χ1) is 13.0. The molecule has 0 bridgehead atoms. The van der Waals surface area contributed by atoms with Gasteiger partial charge in [-0.3, -0.25) is 18.3 Å². The second-order valence-electron chi connectivity index (χ2n) is 6.61. The third kappa shape index (κ3) is 2.63. The molecule has 3 heterocycles. The zero-order valence-electron chi connectivity index (χ0n) is 15.6. The van der Waals surface area contributed by atoms with Gasteiger partial charge in [0.2, 0.25) is 5.78 Å². The average molecular weight is 363 g/mol. The molecular formula is C20H21N5O2. The summed E-state index contributed by atoms with van der Waals surface area (Å²) in [5.41, 5.74) is 2.16. The summed E-state index contributed by atoms with van der Waals surface area (Å²) in [6.07, 6.45) is 6.90. The Kier molecular flexibility index (Phi) is 4.07. The van der Waals surface area contributed by atoms with Gasteiger partial charge >= 0.3 is 5.69 Å². The molecule has 0 unspecified atom stereocenters. The van der Waals surface area contributed by atoms with Crippen molar-refractivity contribution in [2.75, 3.05) is 0 Å². The van der Waals surface area contributed by atoms with Crippen LogP contribution in [0.2, 0.25) is 0 Å². The van der Waals surface area contributed by atoms with Gasteiger partial charge in [-0.1, -0.05) is 43.3 Å². The van der Waals surface area contributed by atoms with Crippen molar-refractivity contribution in [3.05, 3.63) is 68.6 Å². The Morgan fingerprint density at radius 3 is 2.48 bits per heavy atom. The predicted molar refractivity (Wildman–Crippen MR) is 107 cm³/mol. The minimum Gasteiger partial charge on any atom is -0.310 e. The van der Waals surface area contributed by atoms with E-state index in [4.69, 9.17) is 0 Å². The zero-order chi connectivity index (χ0) is 19.1. The highest BCUT2D eigenvalue weighted by Gasteiger charge is 2.19. The van der Waals surface area contributed by atoms with E-state index in [9.17, 15) is 9.59 Å². The van der Waals surface area contributed by atoms with Crippen LogP contribution in [0.25, 0.3) is 29.1 Å². The van der Waals surface area contributed by atoms with E-state index in [0.29, 0.717) is 16.9 Å². The first kappa shape index (κ1) is 17.1. The lowest BCUT2D eigenvalue weighted by Crippen LogP contribution is -2.37. The lowest BCUT2D eigenvalue weighted by molar-refractivity contribution is 0.688. The lowest BCUT2D eigenvalue weighted by Gasteiger charge is -2.04. The number of rotatable bonds is 4. The highest BCUT2D eigenvalue weighted by atomic mass is 16.2. The first-order valence-electron chi connectivity index (χ1n) is 8.93. The molecule has 0 saturated heterocycles. The van der Waals surface area contributed by atoms with E-state index < -0.39 is 0 Å². The van der Waals surface area contributed by atoms with Crippen molar-refractivity contribution in [1.29, 1.82) is 0 Å². The van der Waals surface area contributed by atoms with E-state index in [1.807, 2.05) is 48.7 Å². The van der Waals surface area contributed by atoms with Crippen LogP contribution in [-0.2, 0) is 20.6 Å². The minimum absolute atomic E-state index is 0.340. The number of hydrogen-bond donors (Lipinski definition) is 0. The first-order valence-corrected chi connectivity index (χ1v) is 8.93. The Morgan fingerprint density at radius 2 is 1.78 bits per heavy atom. The molecule has 0 fully saturated rings. The molecule has 0 atom stereocenters. The normalized spacial score (nSPS) is 12.0. The van der Waals surface area contributed by atoms with E-state index in [1.54, 1.807) is 11.4 Å². The molecule has 0 saturated carbocycles. The maximum Gasteiger partial charge on any atom is 0.332 e. The van der Waals surface area contributed by atoms with E-state index in [0.717, 1.165) is 28.8 Å². The molecule has 27 heavy (non-hydrogen) atoms. The number of aromatic nitrogens is 5. The highest BCUT2D eigenvalue weighted by molar-refractivity contribution is 5.77. The van der Waals surface area contributed by atoms with E-state index in [-0.39, 0.29) is 11.2 Å². The Morgan fingerprint density at radius 1 is 1.04 bits per heavy atom. The Hall–Kier alpha value is -3.35. The maximum absolute atomic E-state index is 12.7. The standard InChI is InChI=1S/C20H21N5O2/c1-4-12-24-15(11-10-14-8-6-5-7-9-14)13-25-16-17(21-19(24)25)22(2)20(27)23(3)18(16)26/h5-11,13H,4,12H2,1-3H3. The van der Waals surface area contributed by atoms with E-state index >= 15 is 0 Å². The van der Waals surface area contributed by atoms with Crippen LogP contribution in [-0.4, -0.2) is 23.1 Å². The SMILES string of the molecule is CCCn1c(C=Cc2ccccc2)cn2c3c(=O)n(C)c(=O)n(C)c3nc12. The molecule has 0 amide bonds. The van der Waals surface area contributed by atoms with Crippen LogP contribution in [0, 0.1) is 0 Å². The molecule has 7 nitrogen and oxygen atoms in total. The molecule has 0 spiro atoms. The number of aryl methyl sites for hydroxylation is 2. The maximum atomic E-state index is 12.7. The third-order valence-electron chi connectivity index (χ3n) is 4.78. The number of imidazole rings is 2. The van der Waals surface area contributed by atoms with Crippen LogP contribution in [0.4, 0.5) is 0 Å². The van der Waals surface area contributed by atoms with Gasteiger partial charge in [0.15, 0.2) is 11.2 Å². The summed E-state index contributed by atoms with van der Waals surface area (Å²) in [5.74, 6) is 0.665. The largest absolute Gasteiger partial charge is 0.332 e. The van der Waals surface area contributed by atoms with Crippen LogP contribution in [0.3, 0.4) is 0 Å². The molecule has 4 rings (SSSR count). The van der Waals surface area contributed by atoms with Crippen LogP contribution in [0.1, 0.15) is 24.6 Å². The van der Waals surface area contributed by atoms with Crippen LogP contribution in [0.5, 0.6) is 0 Å². The Balaban J connectivity index is 1.99. The van der Waals surface area contributed by atoms with Crippen molar-refractivity contribution in [2.24, 2.45) is 14.1 Å². The minimum atomic E-state index is -0.375. The summed E-state index contributed by atoms with van der Waals surface area (Å²) in [7, 11) is 3.12. The van der Waals surface area contributed by atoms with Crippen molar-refractivity contribution in [3.63, 3.8) is 0 Å². The molecule has 0 aliphatic carbocycles. The molecule has 0 aliphatic heterocycles. The quantitative estimate of drug-likeness (QED) is 0.559. The Bertz CT molecular complexity index is 1290. The molecule has 3 aromatic heterocycles. The van der Waals surface area contributed by atoms with Gasteiger partial charge in [-0.25, -0.2) is 4.79 Å². The second-order valence-corrected chi connectivity index (χ2v) is 6.61. The summed E-state index contributed by atoms with van der Waals surface area (Å²) < 4.78 is 6.40. The number of hydrogen-bond acceptors (Lipinski definition) is 3. The Labute approximate surface area is 155 Å². The summed E-state index contributed by atoms with van der Waals surface area (Å²) in [6, 6.07) is 10.0. The van der Waals surface area contributed by atoms with E-state index in [2.05, 4.69) is 16.5 Å². The average Bonchev–Trinajstić information content (AvgIpc) is 3.21. The topological polar surface area (TPSA) is 66.2 Å². The fraction of sp³-hybridized carbons (Fsp3) is 0.250. The van der Waals surface area contributed by atoms with Crippen molar-refractivity contribution < 1.29 is 0 Å². The van der Waals surface area contributed by atoms with Gasteiger partial charge in [-0.15, -0.1) is 0 Å². The van der Waals surface area contributed by atoms with Gasteiger partial charge in [0, 0.05) is 26.8 Å². The fourth-order valence-corrected chi connectivity index (χ4v) is 3.36. The monoisotopic (exact) mass is 363 g/mol. The number of nitrogens with zero attached hydrogens (tertiary/aromatic N) is 5. The highest BCUT2D eigenvalue weighted by Crippen LogP contribution is 2.19. The van der Waals surface area contributed by atoms with Gasteiger partial charge in [0.1, 0.15) is 0 Å². The summed E-state index contributed by atoms with van der Waals surface area (Å²) in [6.45, 7) is 2.86. The molecule has 7 heteroatoms. The lowest BCUT2D eigenvalue weighted by atomic mass is 10.2. The van der Waals surface area contributed by atoms with Crippen molar-refractivity contribution >= 4 is 29.1 Å². The molecular weight excluding hydrogens is 342 g/mol. The van der Waals surface area contributed by atoms with Gasteiger partial charge in [0.25, 0.3) is 5.56 Å². The van der Waals surface area contributed by atoms with E-state index in [1.165, 1.54) is 11.6 Å². The summed E-state index contributed by atoms with van der Waals surface area (Å²) in [4.78, 5) is 29.5.